The Hall–Kier alpha value is -1.57. The number of nitro groups is 1. The molecule has 0 aromatic carbocycles. The fraction of sp³-hybridized carbons (Fsp3) is 0.429. The van der Waals surface area contributed by atoms with Gasteiger partial charge in [-0.1, -0.05) is 11.8 Å². The van der Waals surface area contributed by atoms with Crippen LogP contribution in [0, 0.1) is 10.1 Å². The van der Waals surface area contributed by atoms with Crippen LogP contribution in [0.15, 0.2) is 11.2 Å². The van der Waals surface area contributed by atoms with Gasteiger partial charge in [0.15, 0.2) is 5.03 Å². The molecule has 7 nitrogen and oxygen atoms in total. The van der Waals surface area contributed by atoms with Crippen LogP contribution in [0.5, 0.6) is 0 Å². The number of ether oxygens (including phenoxy) is 1. The Balaban J connectivity index is 2.75. The van der Waals surface area contributed by atoms with Gasteiger partial charge in [-0.25, -0.2) is 0 Å². The molecule has 0 fully saturated rings. The van der Waals surface area contributed by atoms with E-state index >= 15 is 0 Å². The summed E-state index contributed by atoms with van der Waals surface area (Å²) in [5.74, 6) is -0.436. The van der Waals surface area contributed by atoms with E-state index in [1.54, 1.807) is 7.05 Å². The van der Waals surface area contributed by atoms with Crippen LogP contribution >= 0.6 is 11.8 Å². The predicted octanol–water partition coefficient (Wildman–Crippen LogP) is 0.593. The first-order valence-electron chi connectivity index (χ1n) is 3.92. The smallest absolute Gasteiger partial charge is 0.320 e. The van der Waals surface area contributed by atoms with Gasteiger partial charge in [0.25, 0.3) is 0 Å². The highest BCUT2D eigenvalue weighted by Crippen LogP contribution is 2.26. The number of rotatable bonds is 4. The molecule has 1 rings (SSSR count). The molecule has 0 bridgehead atoms. The Bertz CT molecular complexity index is 390. The third kappa shape index (κ3) is 2.94. The number of hydrogen-bond donors (Lipinski definition) is 0. The van der Waals surface area contributed by atoms with Crippen LogP contribution < -0.4 is 0 Å². The number of aryl methyl sites for hydroxylation is 1. The van der Waals surface area contributed by atoms with Crippen molar-refractivity contribution in [3.63, 3.8) is 0 Å². The second kappa shape index (κ2) is 4.78. The number of methoxy groups -OCH3 is 1. The lowest BCUT2D eigenvalue weighted by molar-refractivity contribution is -0.387. The van der Waals surface area contributed by atoms with Gasteiger partial charge in [-0.3, -0.25) is 19.6 Å². The lowest BCUT2D eigenvalue weighted by Gasteiger charge is -1.95. The third-order valence-electron chi connectivity index (χ3n) is 1.53. The maximum atomic E-state index is 10.8. The molecule has 0 saturated heterocycles. The SMILES string of the molecule is COC(=O)CSc1nn(C)cc1[N+](=O)[O-]. The van der Waals surface area contributed by atoms with Crippen LogP contribution in [0.2, 0.25) is 0 Å². The summed E-state index contributed by atoms with van der Waals surface area (Å²) >= 11 is 0.981. The third-order valence-corrected chi connectivity index (χ3v) is 2.47. The van der Waals surface area contributed by atoms with E-state index in [9.17, 15) is 14.9 Å². The van der Waals surface area contributed by atoms with Gasteiger partial charge in [0.05, 0.1) is 17.8 Å². The molecule has 0 saturated carbocycles. The van der Waals surface area contributed by atoms with Gasteiger partial charge in [0, 0.05) is 7.05 Å². The lowest BCUT2D eigenvalue weighted by Crippen LogP contribution is -2.03. The molecule has 15 heavy (non-hydrogen) atoms. The topological polar surface area (TPSA) is 87.3 Å². The zero-order chi connectivity index (χ0) is 11.4. The van der Waals surface area contributed by atoms with Crippen molar-refractivity contribution >= 4 is 23.4 Å². The van der Waals surface area contributed by atoms with Crippen molar-refractivity contribution in [3.05, 3.63) is 16.3 Å². The van der Waals surface area contributed by atoms with Crippen LogP contribution in [-0.2, 0) is 16.6 Å². The summed E-state index contributed by atoms with van der Waals surface area (Å²) in [6, 6.07) is 0. The van der Waals surface area contributed by atoms with Crippen molar-refractivity contribution in [1.82, 2.24) is 9.78 Å². The Morgan fingerprint density at radius 1 is 1.80 bits per heavy atom. The van der Waals surface area contributed by atoms with E-state index < -0.39 is 10.9 Å². The molecule has 1 aromatic rings. The first-order valence-corrected chi connectivity index (χ1v) is 4.90. The van der Waals surface area contributed by atoms with E-state index in [4.69, 9.17) is 0 Å². The minimum atomic E-state index is -0.535. The quantitative estimate of drug-likeness (QED) is 0.326. The van der Waals surface area contributed by atoms with Crippen molar-refractivity contribution in [2.75, 3.05) is 12.9 Å². The Labute approximate surface area is 89.5 Å². The number of carbonyl (C=O) groups excluding carboxylic acids is 1. The normalized spacial score (nSPS) is 10.0. The van der Waals surface area contributed by atoms with Gasteiger partial charge in [0.1, 0.15) is 6.20 Å². The molecule has 0 radical (unpaired) electrons. The van der Waals surface area contributed by atoms with Crippen molar-refractivity contribution in [3.8, 4) is 0 Å². The minimum Gasteiger partial charge on any atom is -0.468 e. The second-order valence-corrected chi connectivity index (χ2v) is 3.58. The molecule has 0 unspecified atom stereocenters. The Morgan fingerprint density at radius 3 is 3.00 bits per heavy atom. The lowest BCUT2D eigenvalue weighted by atomic mass is 10.6. The van der Waals surface area contributed by atoms with E-state index in [1.807, 2.05) is 0 Å². The second-order valence-electron chi connectivity index (χ2n) is 2.62. The molecule has 0 spiro atoms. The maximum absolute atomic E-state index is 10.8. The average Bonchev–Trinajstić information content (AvgIpc) is 2.56. The van der Waals surface area contributed by atoms with Gasteiger partial charge >= 0.3 is 11.7 Å². The summed E-state index contributed by atoms with van der Waals surface area (Å²) in [6.45, 7) is 0. The molecule has 0 atom stereocenters. The largest absolute Gasteiger partial charge is 0.468 e. The Morgan fingerprint density at radius 2 is 2.47 bits per heavy atom. The van der Waals surface area contributed by atoms with Crippen molar-refractivity contribution in [1.29, 1.82) is 0 Å². The highest BCUT2D eigenvalue weighted by molar-refractivity contribution is 8.00. The molecule has 1 heterocycles. The average molecular weight is 231 g/mol. The van der Waals surface area contributed by atoms with Crippen molar-refractivity contribution in [2.45, 2.75) is 5.03 Å². The van der Waals surface area contributed by atoms with Gasteiger partial charge in [-0.15, -0.1) is 0 Å². The van der Waals surface area contributed by atoms with E-state index in [0.717, 1.165) is 11.8 Å². The van der Waals surface area contributed by atoms with Crippen LogP contribution in [0.4, 0.5) is 5.69 Å². The molecule has 0 aliphatic rings. The summed E-state index contributed by atoms with van der Waals surface area (Å²) in [6.07, 6.45) is 1.29. The van der Waals surface area contributed by atoms with Gasteiger partial charge in [-0.2, -0.15) is 5.10 Å². The number of thioether (sulfide) groups is 1. The number of esters is 1. The molecule has 0 aliphatic heterocycles. The van der Waals surface area contributed by atoms with Crippen LogP contribution in [0.3, 0.4) is 0 Å². The maximum Gasteiger partial charge on any atom is 0.320 e. The minimum absolute atomic E-state index is 0.00829. The predicted molar refractivity (Wildman–Crippen MR) is 52.6 cm³/mol. The van der Waals surface area contributed by atoms with E-state index in [-0.39, 0.29) is 16.5 Å². The molecular formula is C7H9N3O4S. The van der Waals surface area contributed by atoms with Crippen molar-refractivity contribution in [2.24, 2.45) is 7.05 Å². The molecule has 0 amide bonds. The first kappa shape index (κ1) is 11.5. The fourth-order valence-electron chi connectivity index (χ4n) is 0.870. The summed E-state index contributed by atoms with van der Waals surface area (Å²) in [5.41, 5.74) is -0.105. The van der Waals surface area contributed by atoms with Gasteiger partial charge in [-0.05, 0) is 0 Å². The first-order chi connectivity index (χ1) is 7.04. The Kier molecular flexibility index (Phi) is 3.67. The molecule has 1 aromatic heterocycles. The number of nitrogens with zero attached hydrogens (tertiary/aromatic N) is 3. The zero-order valence-corrected chi connectivity index (χ0v) is 8.98. The number of carbonyl (C=O) groups is 1. The summed E-state index contributed by atoms with van der Waals surface area (Å²) < 4.78 is 5.75. The monoisotopic (exact) mass is 231 g/mol. The van der Waals surface area contributed by atoms with E-state index in [0.29, 0.717) is 0 Å². The molecular weight excluding hydrogens is 222 g/mol. The van der Waals surface area contributed by atoms with Gasteiger partial charge in [0.2, 0.25) is 0 Å². The number of hydrogen-bond acceptors (Lipinski definition) is 6. The molecule has 0 aliphatic carbocycles. The summed E-state index contributed by atoms with van der Waals surface area (Å²) in [7, 11) is 2.84. The van der Waals surface area contributed by atoms with E-state index in [2.05, 4.69) is 9.84 Å². The summed E-state index contributed by atoms with van der Waals surface area (Å²) in [4.78, 5) is 20.9. The van der Waals surface area contributed by atoms with Crippen molar-refractivity contribution < 1.29 is 14.5 Å². The van der Waals surface area contributed by atoms with Crippen LogP contribution in [0.1, 0.15) is 0 Å². The molecule has 0 N–H and O–H groups in total. The number of aromatic nitrogens is 2. The zero-order valence-electron chi connectivity index (χ0n) is 8.17. The van der Waals surface area contributed by atoms with E-state index in [1.165, 1.54) is 18.0 Å². The molecule has 82 valence electrons. The fourth-order valence-corrected chi connectivity index (χ4v) is 1.70. The van der Waals surface area contributed by atoms with Crippen LogP contribution in [-0.4, -0.2) is 33.5 Å². The standard InChI is InChI=1S/C7H9N3O4S/c1-9-3-5(10(12)13)7(8-9)15-4-6(11)14-2/h3H,4H2,1-2H3. The molecule has 8 heteroatoms. The highest BCUT2D eigenvalue weighted by Gasteiger charge is 2.19. The summed E-state index contributed by atoms with van der Waals surface area (Å²) in [5, 5.41) is 14.7. The van der Waals surface area contributed by atoms with Crippen LogP contribution in [0.25, 0.3) is 0 Å². The highest BCUT2D eigenvalue weighted by atomic mass is 32.2. The van der Waals surface area contributed by atoms with Gasteiger partial charge < -0.3 is 4.74 Å².